The van der Waals surface area contributed by atoms with E-state index >= 15 is 0 Å². The van der Waals surface area contributed by atoms with Crippen molar-refractivity contribution in [3.8, 4) is 17.2 Å². The maximum Gasteiger partial charge on any atom is 0.323 e. The molecule has 0 aromatic heterocycles. The largest absolute Gasteiger partial charge is 0.493 e. The number of carbonyl (C=O) groups excluding carboxylic acids is 1. The standard InChI is InChI=1S/C16H18FN2O4P/c1-21-12-7-10(8-13(22-2)15(12)23-3)19-16(20)18-9-4-5-14(24)11(17)6-9/h4-8H,24H2,1-3H3,(H2,18,19,20). The molecule has 0 heterocycles. The van der Waals surface area contributed by atoms with E-state index in [-0.39, 0.29) is 0 Å². The molecule has 1 unspecified atom stereocenters. The quantitative estimate of drug-likeness (QED) is 0.812. The van der Waals surface area contributed by atoms with E-state index in [2.05, 4.69) is 19.9 Å². The molecule has 0 aliphatic rings. The summed E-state index contributed by atoms with van der Waals surface area (Å²) in [6.45, 7) is 0. The van der Waals surface area contributed by atoms with Crippen molar-refractivity contribution in [3.05, 3.63) is 36.1 Å². The lowest BCUT2D eigenvalue weighted by Gasteiger charge is -2.15. The molecule has 1 atom stereocenters. The number of ether oxygens (including phenoxy) is 3. The fraction of sp³-hybridized carbons (Fsp3) is 0.188. The van der Waals surface area contributed by atoms with Crippen LogP contribution in [0.2, 0.25) is 0 Å². The molecule has 0 fully saturated rings. The first kappa shape index (κ1) is 17.8. The molecule has 0 aliphatic heterocycles. The number of halogens is 1. The van der Waals surface area contributed by atoms with Crippen molar-refractivity contribution >= 4 is 32.0 Å². The monoisotopic (exact) mass is 352 g/mol. The van der Waals surface area contributed by atoms with Crippen LogP contribution in [-0.2, 0) is 0 Å². The summed E-state index contributed by atoms with van der Waals surface area (Å²) in [4.78, 5) is 12.1. The average Bonchev–Trinajstić information content (AvgIpc) is 2.57. The zero-order valence-corrected chi connectivity index (χ0v) is 14.6. The Bertz CT molecular complexity index is 730. The predicted octanol–water partition coefficient (Wildman–Crippen LogP) is 3.00. The van der Waals surface area contributed by atoms with Gasteiger partial charge in [-0.25, -0.2) is 9.18 Å². The fourth-order valence-electron chi connectivity index (χ4n) is 2.05. The molecule has 2 N–H and O–H groups in total. The number of nitrogens with one attached hydrogen (secondary N) is 2. The topological polar surface area (TPSA) is 68.8 Å². The summed E-state index contributed by atoms with van der Waals surface area (Å²) >= 11 is 0. The predicted molar refractivity (Wildman–Crippen MR) is 94.5 cm³/mol. The molecule has 0 bridgehead atoms. The Kier molecular flexibility index (Phi) is 5.82. The van der Waals surface area contributed by atoms with Gasteiger partial charge >= 0.3 is 6.03 Å². The second-order valence-electron chi connectivity index (χ2n) is 4.73. The molecule has 128 valence electrons. The maximum atomic E-state index is 13.5. The number of urea groups is 1. The lowest BCUT2D eigenvalue weighted by Crippen LogP contribution is -2.20. The SMILES string of the molecule is COc1cc(NC(=O)Nc2ccc(P)c(F)c2)cc(OC)c1OC. The van der Waals surface area contributed by atoms with E-state index in [1.54, 1.807) is 24.3 Å². The summed E-state index contributed by atoms with van der Waals surface area (Å²) in [6.07, 6.45) is 0. The van der Waals surface area contributed by atoms with Gasteiger partial charge < -0.3 is 24.8 Å². The van der Waals surface area contributed by atoms with Crippen molar-refractivity contribution in [3.63, 3.8) is 0 Å². The van der Waals surface area contributed by atoms with Gasteiger partial charge in [-0.05, 0) is 12.1 Å². The highest BCUT2D eigenvalue weighted by molar-refractivity contribution is 7.27. The van der Waals surface area contributed by atoms with Crippen LogP contribution in [-0.4, -0.2) is 27.4 Å². The van der Waals surface area contributed by atoms with Gasteiger partial charge in [0.1, 0.15) is 5.82 Å². The van der Waals surface area contributed by atoms with E-state index in [1.165, 1.54) is 27.4 Å². The minimum absolute atomic E-state index is 0.337. The molecule has 0 radical (unpaired) electrons. The summed E-state index contributed by atoms with van der Waals surface area (Å²) in [5.41, 5.74) is 0.772. The minimum Gasteiger partial charge on any atom is -0.493 e. The normalized spacial score (nSPS) is 10.0. The number of benzene rings is 2. The lowest BCUT2D eigenvalue weighted by atomic mass is 10.2. The fourth-order valence-corrected chi connectivity index (χ4v) is 2.23. The third kappa shape index (κ3) is 4.06. The minimum atomic E-state index is -0.528. The zero-order valence-electron chi connectivity index (χ0n) is 13.5. The van der Waals surface area contributed by atoms with Crippen LogP contribution in [0.1, 0.15) is 0 Å². The van der Waals surface area contributed by atoms with Crippen LogP contribution >= 0.6 is 9.24 Å². The van der Waals surface area contributed by atoms with Gasteiger partial charge in [0, 0.05) is 23.1 Å². The highest BCUT2D eigenvalue weighted by atomic mass is 31.0. The third-order valence-corrected chi connectivity index (χ3v) is 3.65. The molecular formula is C16H18FN2O4P. The molecule has 2 rings (SSSR count). The molecule has 2 aromatic carbocycles. The summed E-state index contributed by atoms with van der Waals surface area (Å²) in [5.74, 6) is 0.811. The van der Waals surface area contributed by atoms with E-state index < -0.39 is 11.8 Å². The Labute approximate surface area is 141 Å². The van der Waals surface area contributed by atoms with Crippen molar-refractivity contribution in [2.75, 3.05) is 32.0 Å². The maximum absolute atomic E-state index is 13.5. The molecule has 24 heavy (non-hydrogen) atoms. The van der Waals surface area contributed by atoms with Crippen LogP contribution in [0.4, 0.5) is 20.6 Å². The summed E-state index contributed by atoms with van der Waals surface area (Å²) in [7, 11) is 6.72. The second kappa shape index (κ2) is 7.84. The van der Waals surface area contributed by atoms with Crippen molar-refractivity contribution < 1.29 is 23.4 Å². The second-order valence-corrected chi connectivity index (χ2v) is 5.35. The van der Waals surface area contributed by atoms with Crippen LogP contribution in [0, 0.1) is 5.82 Å². The van der Waals surface area contributed by atoms with Crippen molar-refractivity contribution in [1.29, 1.82) is 0 Å². The molecule has 2 aromatic rings. The number of methoxy groups -OCH3 is 3. The Balaban J connectivity index is 2.17. The number of hydrogen-bond acceptors (Lipinski definition) is 4. The summed E-state index contributed by atoms with van der Waals surface area (Å²) in [5, 5.41) is 5.60. The third-order valence-electron chi connectivity index (χ3n) is 3.18. The van der Waals surface area contributed by atoms with E-state index in [1.807, 2.05) is 0 Å². The van der Waals surface area contributed by atoms with E-state index in [4.69, 9.17) is 14.2 Å². The molecule has 0 saturated heterocycles. The van der Waals surface area contributed by atoms with E-state index in [9.17, 15) is 9.18 Å². The Morgan fingerprint density at radius 2 is 1.54 bits per heavy atom. The number of anilines is 2. The van der Waals surface area contributed by atoms with Gasteiger partial charge in [-0.15, -0.1) is 9.24 Å². The van der Waals surface area contributed by atoms with Crippen LogP contribution in [0.3, 0.4) is 0 Å². The van der Waals surface area contributed by atoms with Crippen molar-refractivity contribution in [2.24, 2.45) is 0 Å². The van der Waals surface area contributed by atoms with Gasteiger partial charge in [-0.2, -0.15) is 0 Å². The molecular weight excluding hydrogens is 334 g/mol. The van der Waals surface area contributed by atoms with Gasteiger partial charge in [-0.1, -0.05) is 6.07 Å². The molecule has 0 spiro atoms. The Morgan fingerprint density at radius 3 is 2.04 bits per heavy atom. The van der Waals surface area contributed by atoms with Crippen molar-refractivity contribution in [2.45, 2.75) is 0 Å². The van der Waals surface area contributed by atoms with Gasteiger partial charge in [0.15, 0.2) is 11.5 Å². The van der Waals surface area contributed by atoms with Crippen LogP contribution in [0.15, 0.2) is 30.3 Å². The molecule has 0 saturated carbocycles. The zero-order chi connectivity index (χ0) is 17.7. The number of amides is 2. The van der Waals surface area contributed by atoms with Gasteiger partial charge in [0.05, 0.1) is 27.0 Å². The van der Waals surface area contributed by atoms with Crippen molar-refractivity contribution in [1.82, 2.24) is 0 Å². The summed E-state index contributed by atoms with van der Waals surface area (Å²) < 4.78 is 29.2. The van der Waals surface area contributed by atoms with Crippen LogP contribution in [0.25, 0.3) is 0 Å². The highest BCUT2D eigenvalue weighted by Gasteiger charge is 2.14. The molecule has 0 aliphatic carbocycles. The first-order chi connectivity index (χ1) is 11.5. The highest BCUT2D eigenvalue weighted by Crippen LogP contribution is 2.39. The van der Waals surface area contributed by atoms with Crippen LogP contribution < -0.4 is 30.1 Å². The van der Waals surface area contributed by atoms with Gasteiger partial charge in [0.2, 0.25) is 5.75 Å². The summed E-state index contributed by atoms with van der Waals surface area (Å²) in [6, 6.07) is 7.03. The van der Waals surface area contributed by atoms with Gasteiger partial charge in [0.25, 0.3) is 0 Å². The first-order valence-corrected chi connectivity index (χ1v) is 7.49. The molecule has 2 amide bonds. The molecule has 6 nitrogen and oxygen atoms in total. The van der Waals surface area contributed by atoms with Crippen LogP contribution in [0.5, 0.6) is 17.2 Å². The lowest BCUT2D eigenvalue weighted by molar-refractivity contribution is 0.262. The Morgan fingerprint density at radius 1 is 0.958 bits per heavy atom. The smallest absolute Gasteiger partial charge is 0.323 e. The molecule has 8 heteroatoms. The van der Waals surface area contributed by atoms with Gasteiger partial charge in [-0.3, -0.25) is 0 Å². The Hall–Kier alpha value is -2.53. The van der Waals surface area contributed by atoms with E-state index in [0.29, 0.717) is 33.9 Å². The number of carbonyl (C=O) groups is 1. The number of hydrogen-bond donors (Lipinski definition) is 2. The average molecular weight is 352 g/mol. The first-order valence-electron chi connectivity index (χ1n) is 6.91. The van der Waals surface area contributed by atoms with E-state index in [0.717, 1.165) is 0 Å². The number of rotatable bonds is 5.